The predicted molar refractivity (Wildman–Crippen MR) is 199 cm³/mol. The Labute approximate surface area is 302 Å². The number of para-hydroxylation sites is 1. The maximum Gasteiger partial charge on any atom is 0.272 e. The zero-order valence-corrected chi connectivity index (χ0v) is 29.5. The number of carbonyl (C=O) groups excluding carboxylic acids is 3. The van der Waals surface area contributed by atoms with Gasteiger partial charge in [0.05, 0.1) is 10.9 Å². The van der Waals surface area contributed by atoms with E-state index < -0.39 is 11.8 Å². The largest absolute Gasteiger partial charge is 0.457 e. The van der Waals surface area contributed by atoms with Gasteiger partial charge in [-0.25, -0.2) is 4.39 Å². The standard InChI is InChI=1S/C39H34BrFN4O4S/c1-26(39(48)45-23-21-44(22-24-45)35-10-6-5-9-33(35)41)50-32-18-15-30(16-19-32)42-38(47)34(43-37(46)28-7-3-2-4-8-28)25-31-17-20-36(49-31)27-11-13-29(40)14-12-27/h2-20,25-26H,21-24H2,1H3,(H,42,47)(H,43,46). The lowest BCUT2D eigenvalue weighted by Crippen LogP contribution is -2.50. The van der Waals surface area contributed by atoms with Crippen LogP contribution < -0.4 is 15.5 Å². The number of furan rings is 1. The van der Waals surface area contributed by atoms with Gasteiger partial charge >= 0.3 is 0 Å². The lowest BCUT2D eigenvalue weighted by atomic mass is 10.2. The van der Waals surface area contributed by atoms with E-state index in [1.165, 1.54) is 23.9 Å². The molecular formula is C39H34BrFN4O4S. The Kier molecular flexibility index (Phi) is 11.1. The Morgan fingerprint density at radius 3 is 2.22 bits per heavy atom. The number of nitrogens with zero attached hydrogens (tertiary/aromatic N) is 2. The van der Waals surface area contributed by atoms with Crippen molar-refractivity contribution in [2.24, 2.45) is 0 Å². The zero-order valence-electron chi connectivity index (χ0n) is 27.1. The van der Waals surface area contributed by atoms with Gasteiger partial charge in [0, 0.05) is 58.4 Å². The zero-order chi connectivity index (χ0) is 35.0. The summed E-state index contributed by atoms with van der Waals surface area (Å²) in [5.74, 6) is -0.210. The number of anilines is 2. The van der Waals surface area contributed by atoms with Gasteiger partial charge < -0.3 is 24.9 Å². The van der Waals surface area contributed by atoms with Crippen LogP contribution >= 0.6 is 27.7 Å². The molecule has 1 saturated heterocycles. The third kappa shape index (κ3) is 8.71. The molecule has 1 unspecified atom stereocenters. The van der Waals surface area contributed by atoms with Crippen LogP contribution in [0.2, 0.25) is 0 Å². The molecule has 2 heterocycles. The highest BCUT2D eigenvalue weighted by Gasteiger charge is 2.26. The van der Waals surface area contributed by atoms with Crippen molar-refractivity contribution in [1.82, 2.24) is 10.2 Å². The third-order valence-corrected chi connectivity index (χ3v) is 9.76. The molecule has 8 nitrogen and oxygen atoms in total. The second kappa shape index (κ2) is 16.1. The smallest absolute Gasteiger partial charge is 0.272 e. The van der Waals surface area contributed by atoms with E-state index in [0.717, 1.165) is 14.9 Å². The number of nitrogens with one attached hydrogen (secondary N) is 2. The number of hydrogen-bond acceptors (Lipinski definition) is 6. The normalized spacial score (nSPS) is 13.9. The minimum atomic E-state index is -0.533. The Morgan fingerprint density at radius 2 is 1.52 bits per heavy atom. The number of rotatable bonds is 10. The predicted octanol–water partition coefficient (Wildman–Crippen LogP) is 8.09. The summed E-state index contributed by atoms with van der Waals surface area (Å²) in [4.78, 5) is 44.5. The van der Waals surface area contributed by atoms with Crippen molar-refractivity contribution in [3.05, 3.63) is 143 Å². The Bertz CT molecular complexity index is 1990. The van der Waals surface area contributed by atoms with Gasteiger partial charge in [-0.1, -0.05) is 58.4 Å². The van der Waals surface area contributed by atoms with Gasteiger partial charge in [0.1, 0.15) is 23.0 Å². The molecule has 254 valence electrons. The maximum absolute atomic E-state index is 14.2. The first kappa shape index (κ1) is 34.7. The average Bonchev–Trinajstić information content (AvgIpc) is 3.61. The molecule has 1 aliphatic rings. The summed E-state index contributed by atoms with van der Waals surface area (Å²) in [6, 6.07) is 33.7. The summed E-state index contributed by atoms with van der Waals surface area (Å²) in [6.07, 6.45) is 1.49. The van der Waals surface area contributed by atoms with E-state index in [2.05, 4.69) is 26.6 Å². The van der Waals surface area contributed by atoms with Crippen molar-refractivity contribution in [1.29, 1.82) is 0 Å². The topological polar surface area (TPSA) is 94.9 Å². The van der Waals surface area contributed by atoms with Gasteiger partial charge in [-0.05, 0) is 79.7 Å². The number of thioether (sulfide) groups is 1. The minimum absolute atomic E-state index is 0.00308. The molecule has 1 atom stereocenters. The molecule has 50 heavy (non-hydrogen) atoms. The highest BCUT2D eigenvalue weighted by molar-refractivity contribution is 9.10. The molecule has 0 bridgehead atoms. The van der Waals surface area contributed by atoms with Crippen molar-refractivity contribution in [2.45, 2.75) is 17.1 Å². The molecule has 1 aliphatic heterocycles. The van der Waals surface area contributed by atoms with Crippen LogP contribution in [0.3, 0.4) is 0 Å². The minimum Gasteiger partial charge on any atom is -0.457 e. The van der Waals surface area contributed by atoms with Crippen LogP contribution in [0.15, 0.2) is 135 Å². The van der Waals surface area contributed by atoms with Crippen LogP contribution in [0.25, 0.3) is 17.4 Å². The number of benzene rings is 4. The van der Waals surface area contributed by atoms with Gasteiger partial charge in [0.25, 0.3) is 11.8 Å². The lowest BCUT2D eigenvalue weighted by Gasteiger charge is -2.37. The molecule has 6 rings (SSSR count). The summed E-state index contributed by atoms with van der Waals surface area (Å²) in [7, 11) is 0. The van der Waals surface area contributed by atoms with Crippen molar-refractivity contribution in [3.8, 4) is 11.3 Å². The van der Waals surface area contributed by atoms with E-state index in [-0.39, 0.29) is 22.7 Å². The first-order chi connectivity index (χ1) is 24.2. The Morgan fingerprint density at radius 1 is 0.840 bits per heavy atom. The number of amides is 3. The van der Waals surface area contributed by atoms with E-state index in [9.17, 15) is 18.8 Å². The molecule has 0 saturated carbocycles. The van der Waals surface area contributed by atoms with Crippen LogP contribution in [-0.4, -0.2) is 54.1 Å². The van der Waals surface area contributed by atoms with Gasteiger partial charge in [0.15, 0.2) is 0 Å². The van der Waals surface area contributed by atoms with Gasteiger partial charge in [-0.3, -0.25) is 14.4 Å². The SMILES string of the molecule is CC(Sc1ccc(NC(=O)C(=Cc2ccc(-c3ccc(Br)cc3)o2)NC(=O)c2ccccc2)cc1)C(=O)N1CCN(c2ccccc2F)CC1. The first-order valence-electron chi connectivity index (χ1n) is 16.0. The summed E-state index contributed by atoms with van der Waals surface area (Å²) < 4.78 is 21.2. The third-order valence-electron chi connectivity index (χ3n) is 8.13. The molecule has 0 spiro atoms. The second-order valence-electron chi connectivity index (χ2n) is 11.6. The Balaban J connectivity index is 1.09. The summed E-state index contributed by atoms with van der Waals surface area (Å²) in [5, 5.41) is 5.25. The van der Waals surface area contributed by atoms with Crippen molar-refractivity contribution in [3.63, 3.8) is 0 Å². The molecule has 5 aromatic rings. The van der Waals surface area contributed by atoms with Crippen molar-refractivity contribution >= 4 is 62.9 Å². The highest BCUT2D eigenvalue weighted by atomic mass is 79.9. The van der Waals surface area contributed by atoms with Gasteiger partial charge in [-0.2, -0.15) is 0 Å². The summed E-state index contributed by atoms with van der Waals surface area (Å²) in [5.41, 5.74) is 2.34. The van der Waals surface area contributed by atoms with E-state index in [0.29, 0.717) is 54.6 Å². The van der Waals surface area contributed by atoms with Crippen LogP contribution in [0, 0.1) is 5.82 Å². The van der Waals surface area contributed by atoms with E-state index in [1.54, 1.807) is 60.7 Å². The van der Waals surface area contributed by atoms with E-state index in [4.69, 9.17) is 4.42 Å². The molecule has 0 radical (unpaired) electrons. The van der Waals surface area contributed by atoms with Crippen LogP contribution in [0.4, 0.5) is 15.8 Å². The fraction of sp³-hybridized carbons (Fsp3) is 0.154. The number of hydrogen-bond donors (Lipinski definition) is 2. The summed E-state index contributed by atoms with van der Waals surface area (Å²) in [6.45, 7) is 4.03. The summed E-state index contributed by atoms with van der Waals surface area (Å²) >= 11 is 4.86. The highest BCUT2D eigenvalue weighted by Crippen LogP contribution is 2.28. The van der Waals surface area contributed by atoms with E-state index >= 15 is 0 Å². The maximum atomic E-state index is 14.2. The molecule has 1 fully saturated rings. The average molecular weight is 754 g/mol. The second-order valence-corrected chi connectivity index (χ2v) is 13.9. The lowest BCUT2D eigenvalue weighted by molar-refractivity contribution is -0.130. The monoisotopic (exact) mass is 752 g/mol. The fourth-order valence-corrected chi connectivity index (χ4v) is 6.70. The van der Waals surface area contributed by atoms with Crippen LogP contribution in [0.1, 0.15) is 23.0 Å². The van der Waals surface area contributed by atoms with Crippen molar-refractivity contribution in [2.75, 3.05) is 36.4 Å². The van der Waals surface area contributed by atoms with Crippen LogP contribution in [0.5, 0.6) is 0 Å². The molecule has 11 heteroatoms. The van der Waals surface area contributed by atoms with Gasteiger partial charge in [-0.15, -0.1) is 11.8 Å². The van der Waals surface area contributed by atoms with Crippen molar-refractivity contribution < 1.29 is 23.2 Å². The quantitative estimate of drug-likeness (QED) is 0.111. The molecular weight excluding hydrogens is 719 g/mol. The Hall–Kier alpha value is -5.13. The molecule has 0 aliphatic carbocycles. The molecule has 1 aromatic heterocycles. The first-order valence-corrected chi connectivity index (χ1v) is 17.7. The number of piperazine rings is 1. The number of carbonyl (C=O) groups is 3. The molecule has 4 aromatic carbocycles. The van der Waals surface area contributed by atoms with E-state index in [1.807, 2.05) is 65.3 Å². The van der Waals surface area contributed by atoms with Gasteiger partial charge in [0.2, 0.25) is 5.91 Å². The molecule has 2 N–H and O–H groups in total. The van der Waals surface area contributed by atoms with Crippen LogP contribution in [-0.2, 0) is 9.59 Å². The number of halogens is 2. The fourth-order valence-electron chi connectivity index (χ4n) is 5.49. The molecule has 3 amide bonds.